The van der Waals surface area contributed by atoms with Gasteiger partial charge in [-0.2, -0.15) is 0 Å². The normalized spacial score (nSPS) is 18.5. The van der Waals surface area contributed by atoms with E-state index in [-0.39, 0.29) is 11.6 Å². The summed E-state index contributed by atoms with van der Waals surface area (Å²) in [6.45, 7) is 1.98. The van der Waals surface area contributed by atoms with Crippen molar-refractivity contribution < 1.29 is 9.90 Å². The van der Waals surface area contributed by atoms with Crippen molar-refractivity contribution >= 4 is 23.6 Å². The summed E-state index contributed by atoms with van der Waals surface area (Å²) in [7, 11) is 0. The Labute approximate surface area is 81.3 Å². The van der Waals surface area contributed by atoms with Crippen LogP contribution in [0, 0.1) is 0 Å². The van der Waals surface area contributed by atoms with Gasteiger partial charge < -0.3 is 10.4 Å². The van der Waals surface area contributed by atoms with Crippen LogP contribution in [0.25, 0.3) is 0 Å². The zero-order valence-corrected chi connectivity index (χ0v) is 7.69. The van der Waals surface area contributed by atoms with Gasteiger partial charge in [-0.25, -0.2) is 4.79 Å². The highest BCUT2D eigenvalue weighted by atomic mass is 16.4. The Morgan fingerprint density at radius 3 is 3.07 bits per heavy atom. The lowest BCUT2D eigenvalue weighted by molar-refractivity contribution is 0.0697. The molecule has 2 N–H and O–H groups in total. The molecular formula is C10H10N2O2. The van der Waals surface area contributed by atoms with Gasteiger partial charge in [0, 0.05) is 6.21 Å². The minimum absolute atomic E-state index is 0.193. The molecule has 4 nitrogen and oxygen atoms in total. The van der Waals surface area contributed by atoms with E-state index in [9.17, 15) is 4.79 Å². The molecule has 1 unspecified atom stereocenters. The second kappa shape index (κ2) is 3.14. The second-order valence-electron chi connectivity index (χ2n) is 3.25. The lowest BCUT2D eigenvalue weighted by atomic mass is 10.1. The average Bonchev–Trinajstić information content (AvgIpc) is 2.16. The van der Waals surface area contributed by atoms with Crippen LogP contribution in [0.5, 0.6) is 0 Å². The highest BCUT2D eigenvalue weighted by molar-refractivity contribution is 5.92. The van der Waals surface area contributed by atoms with E-state index >= 15 is 0 Å². The number of anilines is 1. The Morgan fingerprint density at radius 2 is 2.36 bits per heavy atom. The van der Waals surface area contributed by atoms with Crippen LogP contribution >= 0.6 is 0 Å². The summed E-state index contributed by atoms with van der Waals surface area (Å²) >= 11 is 0. The maximum absolute atomic E-state index is 10.7. The zero-order valence-electron chi connectivity index (χ0n) is 7.69. The number of aliphatic imine (C=N–C) groups is 1. The molecule has 0 amide bonds. The van der Waals surface area contributed by atoms with Gasteiger partial charge in [0.2, 0.25) is 0 Å². The van der Waals surface area contributed by atoms with Crippen molar-refractivity contribution in [3.05, 3.63) is 23.8 Å². The number of hydrogen-bond donors (Lipinski definition) is 2. The van der Waals surface area contributed by atoms with Gasteiger partial charge in [-0.05, 0) is 25.1 Å². The summed E-state index contributed by atoms with van der Waals surface area (Å²) in [5, 5.41) is 11.9. The SMILES string of the molecule is CC1C=Nc2cc(C(=O)O)ccc2N1. The third-order valence-corrected chi connectivity index (χ3v) is 2.07. The summed E-state index contributed by atoms with van der Waals surface area (Å²) in [6.07, 6.45) is 1.76. The number of carbonyl (C=O) groups is 1. The summed E-state index contributed by atoms with van der Waals surface area (Å²) < 4.78 is 0. The first-order chi connectivity index (χ1) is 6.66. The van der Waals surface area contributed by atoms with Crippen LogP contribution in [0.3, 0.4) is 0 Å². The number of aromatic carboxylic acids is 1. The minimum atomic E-state index is -0.929. The molecule has 14 heavy (non-hydrogen) atoms. The Morgan fingerprint density at radius 1 is 1.57 bits per heavy atom. The van der Waals surface area contributed by atoms with E-state index in [2.05, 4.69) is 10.3 Å². The van der Waals surface area contributed by atoms with Gasteiger partial charge in [0.25, 0.3) is 0 Å². The van der Waals surface area contributed by atoms with Crippen molar-refractivity contribution in [2.45, 2.75) is 13.0 Å². The topological polar surface area (TPSA) is 61.7 Å². The summed E-state index contributed by atoms with van der Waals surface area (Å²) in [5.41, 5.74) is 1.82. The quantitative estimate of drug-likeness (QED) is 0.710. The van der Waals surface area contributed by atoms with E-state index < -0.39 is 5.97 Å². The highest BCUT2D eigenvalue weighted by Gasteiger charge is 2.12. The zero-order chi connectivity index (χ0) is 10.1. The van der Waals surface area contributed by atoms with Crippen LogP contribution in [0.4, 0.5) is 11.4 Å². The number of carboxylic acid groups (broad SMARTS) is 1. The number of carboxylic acids is 1. The molecule has 0 radical (unpaired) electrons. The van der Waals surface area contributed by atoms with Crippen molar-refractivity contribution in [1.29, 1.82) is 0 Å². The lowest BCUT2D eigenvalue weighted by Crippen LogP contribution is -2.19. The van der Waals surface area contributed by atoms with Crippen molar-refractivity contribution in [2.75, 3.05) is 5.32 Å². The van der Waals surface area contributed by atoms with Crippen molar-refractivity contribution in [3.8, 4) is 0 Å². The molecule has 0 saturated heterocycles. The van der Waals surface area contributed by atoms with E-state index in [0.717, 1.165) is 5.69 Å². The maximum atomic E-state index is 10.7. The molecule has 0 bridgehead atoms. The summed E-state index contributed by atoms with van der Waals surface area (Å²) in [5.74, 6) is -0.929. The molecule has 1 aromatic carbocycles. The van der Waals surface area contributed by atoms with Crippen LogP contribution in [0.2, 0.25) is 0 Å². The van der Waals surface area contributed by atoms with Crippen LogP contribution in [0.1, 0.15) is 17.3 Å². The Balaban J connectivity index is 2.44. The van der Waals surface area contributed by atoms with Crippen LogP contribution in [0.15, 0.2) is 23.2 Å². The Hall–Kier alpha value is -1.84. The molecule has 0 spiro atoms. The molecule has 72 valence electrons. The van der Waals surface area contributed by atoms with Gasteiger partial charge in [-0.15, -0.1) is 0 Å². The Bertz CT molecular complexity index is 413. The number of nitrogens with zero attached hydrogens (tertiary/aromatic N) is 1. The number of fused-ring (bicyclic) bond motifs is 1. The monoisotopic (exact) mass is 190 g/mol. The fraction of sp³-hybridized carbons (Fsp3) is 0.200. The van der Waals surface area contributed by atoms with Crippen LogP contribution in [-0.2, 0) is 0 Å². The standard InChI is InChI=1S/C10H10N2O2/c1-6-5-11-9-4-7(10(13)14)2-3-8(9)12-6/h2-6,12H,1H3,(H,13,14). The molecular weight excluding hydrogens is 180 g/mol. The fourth-order valence-electron chi connectivity index (χ4n) is 1.37. The van der Waals surface area contributed by atoms with Gasteiger partial charge >= 0.3 is 5.97 Å². The van der Waals surface area contributed by atoms with E-state index in [1.807, 2.05) is 6.92 Å². The first-order valence-corrected chi connectivity index (χ1v) is 4.35. The maximum Gasteiger partial charge on any atom is 0.335 e. The molecule has 1 aliphatic rings. The second-order valence-corrected chi connectivity index (χ2v) is 3.25. The number of rotatable bonds is 1. The number of benzene rings is 1. The van der Waals surface area contributed by atoms with Crippen LogP contribution < -0.4 is 5.32 Å². The first-order valence-electron chi connectivity index (χ1n) is 4.35. The van der Waals surface area contributed by atoms with Gasteiger partial charge in [0.05, 0.1) is 23.0 Å². The third kappa shape index (κ3) is 1.46. The van der Waals surface area contributed by atoms with E-state index in [4.69, 9.17) is 5.11 Å². The average molecular weight is 190 g/mol. The van der Waals surface area contributed by atoms with Crippen molar-refractivity contribution in [1.82, 2.24) is 0 Å². The van der Waals surface area contributed by atoms with Gasteiger partial charge in [-0.1, -0.05) is 0 Å². The molecule has 0 aromatic heterocycles. The largest absolute Gasteiger partial charge is 0.478 e. The third-order valence-electron chi connectivity index (χ3n) is 2.07. The van der Waals surface area contributed by atoms with E-state index in [1.54, 1.807) is 24.4 Å². The summed E-state index contributed by atoms with van der Waals surface area (Å²) in [6, 6.07) is 5.07. The highest BCUT2D eigenvalue weighted by Crippen LogP contribution is 2.29. The van der Waals surface area contributed by atoms with Crippen molar-refractivity contribution in [3.63, 3.8) is 0 Å². The summed E-state index contributed by atoms with van der Waals surface area (Å²) in [4.78, 5) is 14.8. The predicted molar refractivity (Wildman–Crippen MR) is 54.6 cm³/mol. The molecule has 4 heteroatoms. The molecule has 1 aromatic rings. The van der Waals surface area contributed by atoms with Gasteiger partial charge in [0.15, 0.2) is 0 Å². The fourth-order valence-corrected chi connectivity index (χ4v) is 1.37. The first kappa shape index (κ1) is 8.74. The Kier molecular flexibility index (Phi) is 1.96. The molecule has 0 fully saturated rings. The number of hydrogen-bond acceptors (Lipinski definition) is 3. The van der Waals surface area contributed by atoms with Gasteiger partial charge in [0.1, 0.15) is 0 Å². The van der Waals surface area contributed by atoms with Crippen molar-refractivity contribution in [2.24, 2.45) is 4.99 Å². The number of nitrogens with one attached hydrogen (secondary N) is 1. The van der Waals surface area contributed by atoms with Gasteiger partial charge in [-0.3, -0.25) is 4.99 Å². The minimum Gasteiger partial charge on any atom is -0.478 e. The molecule has 1 aliphatic heterocycles. The molecule has 2 rings (SSSR count). The van der Waals surface area contributed by atoms with Crippen LogP contribution in [-0.4, -0.2) is 23.3 Å². The smallest absolute Gasteiger partial charge is 0.335 e. The molecule has 1 heterocycles. The van der Waals surface area contributed by atoms with E-state index in [1.165, 1.54) is 0 Å². The lowest BCUT2D eigenvalue weighted by Gasteiger charge is -2.17. The predicted octanol–water partition coefficient (Wildman–Crippen LogP) is 1.90. The van der Waals surface area contributed by atoms with E-state index in [0.29, 0.717) is 5.69 Å². The molecule has 0 saturated carbocycles. The molecule has 1 atom stereocenters. The molecule has 0 aliphatic carbocycles.